The van der Waals surface area contributed by atoms with Gasteiger partial charge in [-0.3, -0.25) is 9.78 Å². The van der Waals surface area contributed by atoms with Gasteiger partial charge in [0, 0.05) is 32.0 Å². The molecule has 5 nitrogen and oxygen atoms in total. The lowest BCUT2D eigenvalue weighted by Gasteiger charge is -2.17. The second-order valence-electron chi connectivity index (χ2n) is 6.07. The molecule has 1 amide bonds. The molecule has 24 heavy (non-hydrogen) atoms. The highest BCUT2D eigenvalue weighted by Crippen LogP contribution is 2.19. The van der Waals surface area contributed by atoms with Crippen LogP contribution in [0.2, 0.25) is 0 Å². The number of hydrogen-bond acceptors (Lipinski definition) is 4. The number of rotatable bonds is 5. The van der Waals surface area contributed by atoms with E-state index in [0.717, 1.165) is 37.3 Å². The molecular weight excluding hydrogens is 300 g/mol. The summed E-state index contributed by atoms with van der Waals surface area (Å²) in [6.45, 7) is 2.33. The molecule has 1 saturated heterocycles. The molecule has 1 aliphatic rings. The summed E-state index contributed by atoms with van der Waals surface area (Å²) in [5, 5.41) is 12.4. The third-order valence-electron chi connectivity index (χ3n) is 4.36. The fourth-order valence-corrected chi connectivity index (χ4v) is 3.00. The first-order valence-electron chi connectivity index (χ1n) is 8.16. The predicted octanol–water partition coefficient (Wildman–Crippen LogP) is 2.46. The Kier molecular flexibility index (Phi) is 5.07. The molecule has 0 radical (unpaired) electrons. The van der Waals surface area contributed by atoms with Gasteiger partial charge < -0.3 is 10.2 Å². The predicted molar refractivity (Wildman–Crippen MR) is 92.3 cm³/mol. The average molecular weight is 320 g/mol. The molecule has 1 unspecified atom stereocenters. The lowest BCUT2D eigenvalue weighted by molar-refractivity contribution is -0.129. The van der Waals surface area contributed by atoms with Crippen LogP contribution >= 0.6 is 0 Å². The normalized spacial score (nSPS) is 16.6. The molecule has 2 heterocycles. The van der Waals surface area contributed by atoms with Crippen LogP contribution in [0.15, 0.2) is 48.8 Å². The van der Waals surface area contributed by atoms with Crippen LogP contribution in [0.3, 0.4) is 0 Å². The van der Waals surface area contributed by atoms with Crippen molar-refractivity contribution in [3.63, 3.8) is 0 Å². The molecule has 1 aromatic heterocycles. The number of nitriles is 1. The summed E-state index contributed by atoms with van der Waals surface area (Å²) in [4.78, 5) is 18.3. The van der Waals surface area contributed by atoms with Gasteiger partial charge in [0.15, 0.2) is 0 Å². The topological polar surface area (TPSA) is 69.0 Å². The number of likely N-dealkylation sites (tertiary alicyclic amines) is 1. The molecular formula is C19H20N4O. The smallest absolute Gasteiger partial charge is 0.226 e. The van der Waals surface area contributed by atoms with Crippen LogP contribution in [0.4, 0.5) is 5.69 Å². The summed E-state index contributed by atoms with van der Waals surface area (Å²) >= 11 is 0. The molecule has 1 aromatic carbocycles. The molecule has 0 bridgehead atoms. The summed E-state index contributed by atoms with van der Waals surface area (Å²) in [6, 6.07) is 13.8. The second kappa shape index (κ2) is 7.60. The SMILES string of the molecule is N#Cc1cnccc1NCC1CCN(C(=O)Cc2ccccc2)C1. The van der Waals surface area contributed by atoms with Gasteiger partial charge in [0.25, 0.3) is 0 Å². The Balaban J connectivity index is 1.50. The van der Waals surface area contributed by atoms with E-state index in [2.05, 4.69) is 16.4 Å². The maximum atomic E-state index is 12.4. The highest BCUT2D eigenvalue weighted by molar-refractivity contribution is 5.79. The molecule has 2 aromatic rings. The van der Waals surface area contributed by atoms with Crippen molar-refractivity contribution < 1.29 is 4.79 Å². The van der Waals surface area contributed by atoms with Gasteiger partial charge in [-0.1, -0.05) is 30.3 Å². The van der Waals surface area contributed by atoms with Gasteiger partial charge in [0.2, 0.25) is 5.91 Å². The van der Waals surface area contributed by atoms with Crippen molar-refractivity contribution >= 4 is 11.6 Å². The largest absolute Gasteiger partial charge is 0.384 e. The highest BCUT2D eigenvalue weighted by atomic mass is 16.2. The Bertz CT molecular complexity index is 739. The van der Waals surface area contributed by atoms with E-state index in [1.165, 1.54) is 0 Å². The summed E-state index contributed by atoms with van der Waals surface area (Å²) in [5.74, 6) is 0.592. The number of hydrogen-bond donors (Lipinski definition) is 1. The first-order chi connectivity index (χ1) is 11.8. The van der Waals surface area contributed by atoms with Gasteiger partial charge in [0.1, 0.15) is 6.07 Å². The Labute approximate surface area is 141 Å². The van der Waals surface area contributed by atoms with Crippen molar-refractivity contribution in [2.75, 3.05) is 25.0 Å². The molecule has 3 rings (SSSR count). The molecule has 5 heteroatoms. The zero-order valence-electron chi connectivity index (χ0n) is 13.5. The summed E-state index contributed by atoms with van der Waals surface area (Å²) in [6.07, 6.45) is 4.69. The van der Waals surface area contributed by atoms with Gasteiger partial charge in [0.05, 0.1) is 17.7 Å². The third kappa shape index (κ3) is 3.90. The van der Waals surface area contributed by atoms with E-state index in [9.17, 15) is 4.79 Å². The minimum absolute atomic E-state index is 0.185. The van der Waals surface area contributed by atoms with Crippen LogP contribution in [0.1, 0.15) is 17.5 Å². The maximum Gasteiger partial charge on any atom is 0.226 e. The number of nitrogens with one attached hydrogen (secondary N) is 1. The van der Waals surface area contributed by atoms with Gasteiger partial charge in [-0.25, -0.2) is 0 Å². The minimum atomic E-state index is 0.185. The van der Waals surface area contributed by atoms with Crippen molar-refractivity contribution in [2.24, 2.45) is 5.92 Å². The second-order valence-corrected chi connectivity index (χ2v) is 6.07. The van der Waals surface area contributed by atoms with Crippen molar-refractivity contribution in [2.45, 2.75) is 12.8 Å². The summed E-state index contributed by atoms with van der Waals surface area (Å²) < 4.78 is 0. The van der Waals surface area contributed by atoms with E-state index in [1.807, 2.05) is 41.3 Å². The van der Waals surface area contributed by atoms with Gasteiger partial charge >= 0.3 is 0 Å². The molecule has 122 valence electrons. The van der Waals surface area contributed by atoms with E-state index < -0.39 is 0 Å². The Morgan fingerprint density at radius 3 is 2.96 bits per heavy atom. The van der Waals surface area contributed by atoms with E-state index in [0.29, 0.717) is 17.9 Å². The van der Waals surface area contributed by atoms with Crippen LogP contribution in [-0.2, 0) is 11.2 Å². The van der Waals surface area contributed by atoms with Crippen molar-refractivity contribution in [1.29, 1.82) is 5.26 Å². The molecule has 1 fully saturated rings. The molecule has 1 atom stereocenters. The Morgan fingerprint density at radius 2 is 2.17 bits per heavy atom. The number of amides is 1. The fraction of sp³-hybridized carbons (Fsp3) is 0.316. The number of nitrogens with zero attached hydrogens (tertiary/aromatic N) is 3. The zero-order chi connectivity index (χ0) is 16.8. The Morgan fingerprint density at radius 1 is 1.33 bits per heavy atom. The fourth-order valence-electron chi connectivity index (χ4n) is 3.00. The average Bonchev–Trinajstić information content (AvgIpc) is 3.10. The molecule has 0 aliphatic carbocycles. The Hall–Kier alpha value is -2.87. The molecule has 0 spiro atoms. The lowest BCUT2D eigenvalue weighted by Crippen LogP contribution is -2.31. The van der Waals surface area contributed by atoms with Gasteiger partial charge in [-0.2, -0.15) is 5.26 Å². The number of aromatic nitrogens is 1. The van der Waals surface area contributed by atoms with E-state index in [1.54, 1.807) is 12.4 Å². The number of anilines is 1. The zero-order valence-corrected chi connectivity index (χ0v) is 13.5. The van der Waals surface area contributed by atoms with E-state index >= 15 is 0 Å². The number of carbonyl (C=O) groups is 1. The first-order valence-corrected chi connectivity index (χ1v) is 8.16. The molecule has 1 N–H and O–H groups in total. The summed E-state index contributed by atoms with van der Waals surface area (Å²) in [7, 11) is 0. The van der Waals surface area contributed by atoms with Gasteiger partial charge in [-0.15, -0.1) is 0 Å². The third-order valence-corrected chi connectivity index (χ3v) is 4.36. The van der Waals surface area contributed by atoms with Crippen molar-refractivity contribution in [1.82, 2.24) is 9.88 Å². The molecule has 1 aliphatic heterocycles. The van der Waals surface area contributed by atoms with E-state index in [4.69, 9.17) is 5.26 Å². The summed E-state index contributed by atoms with van der Waals surface area (Å²) in [5.41, 5.74) is 2.41. The lowest BCUT2D eigenvalue weighted by atomic mass is 10.1. The van der Waals surface area contributed by atoms with Crippen LogP contribution in [-0.4, -0.2) is 35.4 Å². The highest BCUT2D eigenvalue weighted by Gasteiger charge is 2.26. The van der Waals surface area contributed by atoms with E-state index in [-0.39, 0.29) is 5.91 Å². The van der Waals surface area contributed by atoms with Gasteiger partial charge in [-0.05, 0) is 24.0 Å². The van der Waals surface area contributed by atoms with Crippen LogP contribution in [0, 0.1) is 17.2 Å². The number of pyridine rings is 1. The molecule has 0 saturated carbocycles. The first kappa shape index (κ1) is 16.0. The van der Waals surface area contributed by atoms with Crippen LogP contribution < -0.4 is 5.32 Å². The maximum absolute atomic E-state index is 12.4. The van der Waals surface area contributed by atoms with Crippen LogP contribution in [0.5, 0.6) is 0 Å². The minimum Gasteiger partial charge on any atom is -0.384 e. The monoisotopic (exact) mass is 320 g/mol. The van der Waals surface area contributed by atoms with Crippen molar-refractivity contribution in [3.8, 4) is 6.07 Å². The number of benzene rings is 1. The van der Waals surface area contributed by atoms with Crippen LogP contribution in [0.25, 0.3) is 0 Å². The van der Waals surface area contributed by atoms with Crippen molar-refractivity contribution in [3.05, 3.63) is 59.9 Å². The number of carbonyl (C=O) groups excluding carboxylic acids is 1. The standard InChI is InChI=1S/C19H20N4O/c20-11-17-13-21-8-6-18(17)22-12-16-7-9-23(14-16)19(24)10-15-4-2-1-3-5-15/h1-6,8,13,16H,7,9-10,12,14H2,(H,21,22). The quantitative estimate of drug-likeness (QED) is 0.919.